The molecule has 3 nitrogen and oxygen atoms in total. The van der Waals surface area contributed by atoms with Crippen molar-refractivity contribution in [2.75, 3.05) is 12.8 Å². The third-order valence-electron chi connectivity index (χ3n) is 2.23. The van der Waals surface area contributed by atoms with E-state index in [1.807, 2.05) is 19.1 Å². The average molecular weight is 213 g/mol. The molecule has 1 unspecified atom stereocenters. The van der Waals surface area contributed by atoms with Gasteiger partial charge in [0.1, 0.15) is 0 Å². The fourth-order valence-corrected chi connectivity index (χ4v) is 1.81. The van der Waals surface area contributed by atoms with E-state index in [2.05, 4.69) is 0 Å². The number of rotatable bonds is 3. The molecule has 0 bridgehead atoms. The van der Waals surface area contributed by atoms with Crippen LogP contribution in [0.25, 0.3) is 0 Å². The lowest BCUT2D eigenvalue weighted by Crippen LogP contribution is -2.09. The van der Waals surface area contributed by atoms with E-state index in [0.29, 0.717) is 11.4 Å². The molecule has 0 aliphatic rings. The molecule has 0 saturated heterocycles. The maximum absolute atomic E-state index is 11.2. The molecular formula is C10H15NO2S. The zero-order valence-electron chi connectivity index (χ0n) is 8.40. The summed E-state index contributed by atoms with van der Waals surface area (Å²) in [5, 5.41) is 0. The summed E-state index contributed by atoms with van der Waals surface area (Å²) in [6.07, 6.45) is 1.20. The summed E-state index contributed by atoms with van der Waals surface area (Å²) in [4.78, 5) is 0.352. The Bertz CT molecular complexity index is 395. The number of sulfone groups is 1. The van der Waals surface area contributed by atoms with Gasteiger partial charge in [-0.2, -0.15) is 0 Å². The minimum Gasteiger partial charge on any atom is -0.330 e. The van der Waals surface area contributed by atoms with Gasteiger partial charge in [-0.25, -0.2) is 8.42 Å². The highest BCUT2D eigenvalue weighted by atomic mass is 32.2. The average Bonchev–Trinajstić information content (AvgIpc) is 2.15. The van der Waals surface area contributed by atoms with Gasteiger partial charge in [0.25, 0.3) is 0 Å². The Morgan fingerprint density at radius 2 is 1.79 bits per heavy atom. The monoisotopic (exact) mass is 213 g/mol. The first kappa shape index (κ1) is 11.2. The van der Waals surface area contributed by atoms with Crippen LogP contribution in [0, 0.1) is 0 Å². The lowest BCUT2D eigenvalue weighted by atomic mass is 10.0. The number of hydrogen-bond donors (Lipinski definition) is 1. The van der Waals surface area contributed by atoms with Gasteiger partial charge in [-0.15, -0.1) is 0 Å². The Balaban J connectivity index is 3.01. The molecular weight excluding hydrogens is 198 g/mol. The van der Waals surface area contributed by atoms with E-state index in [4.69, 9.17) is 5.73 Å². The number of benzene rings is 1. The third kappa shape index (κ3) is 2.56. The van der Waals surface area contributed by atoms with Crippen LogP contribution in [0.4, 0.5) is 0 Å². The van der Waals surface area contributed by atoms with Crippen molar-refractivity contribution in [3.05, 3.63) is 29.8 Å². The standard InChI is InChI=1S/C10H15NO2S/c1-8(7-11)9-3-5-10(6-4-9)14(2,12)13/h3-6,8H,7,11H2,1-2H3. The van der Waals surface area contributed by atoms with Crippen LogP contribution in [-0.4, -0.2) is 21.2 Å². The molecule has 0 aliphatic heterocycles. The van der Waals surface area contributed by atoms with Gasteiger partial charge in [-0.3, -0.25) is 0 Å². The third-order valence-corrected chi connectivity index (χ3v) is 3.36. The fraction of sp³-hybridized carbons (Fsp3) is 0.400. The molecule has 1 aromatic carbocycles. The predicted octanol–water partition coefficient (Wildman–Crippen LogP) is 1.15. The van der Waals surface area contributed by atoms with Crippen LogP contribution in [0.3, 0.4) is 0 Å². The summed E-state index contributed by atoms with van der Waals surface area (Å²) in [7, 11) is -3.08. The Hall–Kier alpha value is -0.870. The topological polar surface area (TPSA) is 60.2 Å². The van der Waals surface area contributed by atoms with Gasteiger partial charge in [0.2, 0.25) is 0 Å². The summed E-state index contributed by atoms with van der Waals surface area (Å²) in [5.41, 5.74) is 6.58. The molecule has 78 valence electrons. The molecule has 14 heavy (non-hydrogen) atoms. The maximum Gasteiger partial charge on any atom is 0.175 e. The zero-order valence-corrected chi connectivity index (χ0v) is 9.21. The predicted molar refractivity (Wildman–Crippen MR) is 57.0 cm³/mol. The first-order chi connectivity index (χ1) is 6.45. The van der Waals surface area contributed by atoms with Crippen molar-refractivity contribution in [2.45, 2.75) is 17.7 Å². The second-order valence-corrected chi connectivity index (χ2v) is 5.49. The molecule has 1 aromatic rings. The minimum atomic E-state index is -3.08. The Morgan fingerprint density at radius 3 is 2.14 bits per heavy atom. The Morgan fingerprint density at radius 1 is 1.29 bits per heavy atom. The number of nitrogens with two attached hydrogens (primary N) is 1. The summed E-state index contributed by atoms with van der Waals surface area (Å²) >= 11 is 0. The van der Waals surface area contributed by atoms with Gasteiger partial charge in [0.15, 0.2) is 9.84 Å². The van der Waals surface area contributed by atoms with Crippen molar-refractivity contribution in [2.24, 2.45) is 5.73 Å². The molecule has 0 aromatic heterocycles. The molecule has 4 heteroatoms. The van der Waals surface area contributed by atoms with Crippen molar-refractivity contribution >= 4 is 9.84 Å². The van der Waals surface area contributed by atoms with Gasteiger partial charge in [0, 0.05) is 6.26 Å². The quantitative estimate of drug-likeness (QED) is 0.819. The van der Waals surface area contributed by atoms with E-state index in [1.54, 1.807) is 12.1 Å². The Kier molecular flexibility index (Phi) is 3.29. The highest BCUT2D eigenvalue weighted by Crippen LogP contribution is 2.16. The molecule has 0 saturated carbocycles. The van der Waals surface area contributed by atoms with Crippen molar-refractivity contribution in [1.29, 1.82) is 0 Å². The van der Waals surface area contributed by atoms with Gasteiger partial charge in [0.05, 0.1) is 4.90 Å². The SMILES string of the molecule is CC(CN)c1ccc(S(C)(=O)=O)cc1. The highest BCUT2D eigenvalue weighted by Gasteiger charge is 2.08. The molecule has 0 spiro atoms. The van der Waals surface area contributed by atoms with Crippen molar-refractivity contribution in [3.63, 3.8) is 0 Å². The second-order valence-electron chi connectivity index (χ2n) is 3.48. The van der Waals surface area contributed by atoms with Crippen LogP contribution in [0.2, 0.25) is 0 Å². The molecule has 0 heterocycles. The number of hydrogen-bond acceptors (Lipinski definition) is 3. The largest absolute Gasteiger partial charge is 0.330 e. The van der Waals surface area contributed by atoms with Crippen LogP contribution in [0.1, 0.15) is 18.4 Å². The molecule has 0 radical (unpaired) electrons. The van der Waals surface area contributed by atoms with E-state index in [9.17, 15) is 8.42 Å². The van der Waals surface area contributed by atoms with Gasteiger partial charge in [-0.1, -0.05) is 19.1 Å². The smallest absolute Gasteiger partial charge is 0.175 e. The van der Waals surface area contributed by atoms with Crippen LogP contribution in [-0.2, 0) is 9.84 Å². The first-order valence-corrected chi connectivity index (χ1v) is 6.34. The normalized spacial score (nSPS) is 13.9. The lowest BCUT2D eigenvalue weighted by molar-refractivity contribution is 0.602. The molecule has 0 fully saturated rings. The summed E-state index contributed by atoms with van der Waals surface area (Å²) in [6, 6.07) is 6.87. The summed E-state index contributed by atoms with van der Waals surface area (Å²) in [5.74, 6) is 0.267. The van der Waals surface area contributed by atoms with Crippen molar-refractivity contribution in [3.8, 4) is 0 Å². The molecule has 0 amide bonds. The fourth-order valence-electron chi connectivity index (χ4n) is 1.18. The van der Waals surface area contributed by atoms with Gasteiger partial charge in [-0.05, 0) is 30.2 Å². The molecule has 1 atom stereocenters. The van der Waals surface area contributed by atoms with Crippen LogP contribution in [0.5, 0.6) is 0 Å². The van der Waals surface area contributed by atoms with E-state index < -0.39 is 9.84 Å². The van der Waals surface area contributed by atoms with Crippen molar-refractivity contribution < 1.29 is 8.42 Å². The van der Waals surface area contributed by atoms with Crippen LogP contribution >= 0.6 is 0 Å². The van der Waals surface area contributed by atoms with E-state index in [0.717, 1.165) is 5.56 Å². The second kappa shape index (κ2) is 4.11. The van der Waals surface area contributed by atoms with E-state index >= 15 is 0 Å². The van der Waals surface area contributed by atoms with Crippen LogP contribution in [0.15, 0.2) is 29.2 Å². The molecule has 0 aliphatic carbocycles. The van der Waals surface area contributed by atoms with E-state index in [-0.39, 0.29) is 5.92 Å². The minimum absolute atomic E-state index is 0.267. The maximum atomic E-state index is 11.2. The zero-order chi connectivity index (χ0) is 10.8. The summed E-state index contributed by atoms with van der Waals surface area (Å²) < 4.78 is 22.3. The van der Waals surface area contributed by atoms with Gasteiger partial charge < -0.3 is 5.73 Å². The van der Waals surface area contributed by atoms with Gasteiger partial charge >= 0.3 is 0 Å². The lowest BCUT2D eigenvalue weighted by Gasteiger charge is -2.08. The summed E-state index contributed by atoms with van der Waals surface area (Å²) in [6.45, 7) is 2.58. The van der Waals surface area contributed by atoms with Crippen LogP contribution < -0.4 is 5.73 Å². The molecule has 2 N–H and O–H groups in total. The first-order valence-electron chi connectivity index (χ1n) is 4.45. The molecule has 1 rings (SSSR count). The Labute approximate surface area is 84.9 Å². The highest BCUT2D eigenvalue weighted by molar-refractivity contribution is 7.90. The van der Waals surface area contributed by atoms with Crippen molar-refractivity contribution in [1.82, 2.24) is 0 Å². The van der Waals surface area contributed by atoms with E-state index in [1.165, 1.54) is 6.26 Å².